The van der Waals surface area contributed by atoms with E-state index in [1.807, 2.05) is 6.07 Å². The number of piperazine rings is 1. The van der Waals surface area contributed by atoms with Gasteiger partial charge in [0.25, 0.3) is 0 Å². The Hall–Kier alpha value is -1.72. The molecule has 4 rings (SSSR count). The first-order valence-corrected chi connectivity index (χ1v) is 8.65. The maximum atomic E-state index is 5.61. The first kappa shape index (κ1) is 14.8. The maximum Gasteiger partial charge on any atom is 0.139 e. The second-order valence-electron chi connectivity index (χ2n) is 6.59. The molecule has 5 heteroatoms. The molecule has 1 atom stereocenters. The molecule has 0 spiro atoms. The van der Waals surface area contributed by atoms with Gasteiger partial charge in [0.05, 0.1) is 12.1 Å². The number of fused-ring (bicyclic) bond motifs is 1. The number of aromatic nitrogens is 2. The van der Waals surface area contributed by atoms with Crippen LogP contribution in [0.15, 0.2) is 30.6 Å². The summed E-state index contributed by atoms with van der Waals surface area (Å²) in [6, 6.07) is 8.27. The fourth-order valence-electron chi connectivity index (χ4n) is 3.70. The van der Waals surface area contributed by atoms with Gasteiger partial charge in [0.2, 0.25) is 0 Å². The van der Waals surface area contributed by atoms with Crippen LogP contribution in [0.5, 0.6) is 0 Å². The van der Waals surface area contributed by atoms with E-state index in [1.165, 1.54) is 19.4 Å². The van der Waals surface area contributed by atoms with E-state index < -0.39 is 0 Å². The zero-order chi connectivity index (χ0) is 15.5. The zero-order valence-electron chi connectivity index (χ0n) is 13.5. The largest absolute Gasteiger partial charge is 0.381 e. The van der Waals surface area contributed by atoms with Crippen molar-refractivity contribution in [1.29, 1.82) is 0 Å². The minimum Gasteiger partial charge on any atom is -0.381 e. The molecule has 2 aliphatic heterocycles. The molecule has 1 aromatic heterocycles. The van der Waals surface area contributed by atoms with Crippen molar-refractivity contribution >= 4 is 16.7 Å². The lowest BCUT2D eigenvalue weighted by molar-refractivity contribution is 0.0377. The molecule has 2 fully saturated rings. The minimum atomic E-state index is 0.718. The first-order chi connectivity index (χ1) is 11.4. The lowest BCUT2D eigenvalue weighted by atomic mass is 10.0. The molecule has 0 saturated carbocycles. The number of ether oxygens (including phenoxy) is 1. The van der Waals surface area contributed by atoms with Crippen LogP contribution in [-0.2, 0) is 4.74 Å². The third-order valence-electron chi connectivity index (χ3n) is 4.96. The maximum absolute atomic E-state index is 5.61. The van der Waals surface area contributed by atoms with Crippen LogP contribution >= 0.6 is 0 Å². The lowest BCUT2D eigenvalue weighted by Gasteiger charge is -2.37. The fourth-order valence-corrected chi connectivity index (χ4v) is 3.70. The second kappa shape index (κ2) is 6.81. The number of nitrogens with zero attached hydrogens (tertiary/aromatic N) is 4. The first-order valence-electron chi connectivity index (χ1n) is 8.65. The number of rotatable bonds is 3. The number of hydrogen-bond acceptors (Lipinski definition) is 5. The van der Waals surface area contributed by atoms with E-state index in [0.717, 1.165) is 62.0 Å². The Labute approximate surface area is 137 Å². The van der Waals surface area contributed by atoms with Crippen LogP contribution in [0.25, 0.3) is 10.9 Å². The van der Waals surface area contributed by atoms with Gasteiger partial charge >= 0.3 is 0 Å². The molecule has 2 aliphatic rings. The van der Waals surface area contributed by atoms with Crippen molar-refractivity contribution in [3.05, 3.63) is 30.6 Å². The van der Waals surface area contributed by atoms with E-state index in [2.05, 4.69) is 38.0 Å². The van der Waals surface area contributed by atoms with E-state index in [0.29, 0.717) is 0 Å². The number of para-hydroxylation sites is 1. The Kier molecular flexibility index (Phi) is 4.39. The lowest BCUT2D eigenvalue weighted by Crippen LogP contribution is -2.48. The van der Waals surface area contributed by atoms with Crippen LogP contribution < -0.4 is 4.90 Å². The van der Waals surface area contributed by atoms with Gasteiger partial charge in [-0.05, 0) is 30.9 Å². The van der Waals surface area contributed by atoms with Crippen molar-refractivity contribution in [1.82, 2.24) is 14.9 Å². The van der Waals surface area contributed by atoms with Crippen LogP contribution in [0.4, 0.5) is 5.82 Å². The molecule has 1 aromatic carbocycles. The van der Waals surface area contributed by atoms with Gasteiger partial charge in [-0.3, -0.25) is 4.90 Å². The van der Waals surface area contributed by atoms with Gasteiger partial charge in [-0.1, -0.05) is 12.1 Å². The molecule has 0 N–H and O–H groups in total. The van der Waals surface area contributed by atoms with Gasteiger partial charge in [-0.25, -0.2) is 9.97 Å². The summed E-state index contributed by atoms with van der Waals surface area (Å²) < 4.78 is 5.61. The van der Waals surface area contributed by atoms with Gasteiger partial charge in [-0.15, -0.1) is 0 Å². The average molecular weight is 312 g/mol. The molecule has 0 radical (unpaired) electrons. The molecular weight excluding hydrogens is 288 g/mol. The van der Waals surface area contributed by atoms with Crippen LogP contribution in [0.1, 0.15) is 12.8 Å². The highest BCUT2D eigenvalue weighted by molar-refractivity contribution is 5.89. The summed E-state index contributed by atoms with van der Waals surface area (Å²) in [4.78, 5) is 13.9. The van der Waals surface area contributed by atoms with Gasteiger partial charge in [0, 0.05) is 44.7 Å². The summed E-state index contributed by atoms with van der Waals surface area (Å²) in [5.41, 5.74) is 1.03. The highest BCUT2D eigenvalue weighted by atomic mass is 16.5. The smallest absolute Gasteiger partial charge is 0.139 e. The highest BCUT2D eigenvalue weighted by Gasteiger charge is 2.23. The average Bonchev–Trinajstić information content (AvgIpc) is 2.63. The Morgan fingerprint density at radius 1 is 1.09 bits per heavy atom. The monoisotopic (exact) mass is 312 g/mol. The molecule has 0 aliphatic carbocycles. The fraction of sp³-hybridized carbons (Fsp3) is 0.556. The van der Waals surface area contributed by atoms with Crippen LogP contribution in [0.2, 0.25) is 0 Å². The topological polar surface area (TPSA) is 41.5 Å². The number of anilines is 1. The Balaban J connectivity index is 1.40. The third kappa shape index (κ3) is 3.31. The molecule has 122 valence electrons. The standard InChI is InChI=1S/C18H24N4O/c1-2-6-17-16(5-1)18(20-14-19-17)22-9-7-21(8-10-22)12-15-4-3-11-23-13-15/h1-2,5-6,14-15H,3-4,7-13H2/t15-/m0/s1. The zero-order valence-corrected chi connectivity index (χ0v) is 13.5. The Morgan fingerprint density at radius 2 is 1.96 bits per heavy atom. The normalized spacial score (nSPS) is 23.3. The summed E-state index contributed by atoms with van der Waals surface area (Å²) >= 11 is 0. The summed E-state index contributed by atoms with van der Waals surface area (Å²) in [6.07, 6.45) is 4.22. The quantitative estimate of drug-likeness (QED) is 0.869. The van der Waals surface area contributed by atoms with Crippen molar-refractivity contribution in [2.45, 2.75) is 12.8 Å². The number of hydrogen-bond donors (Lipinski definition) is 0. The summed E-state index contributed by atoms with van der Waals surface area (Å²) in [7, 11) is 0. The molecule has 23 heavy (non-hydrogen) atoms. The van der Waals surface area contributed by atoms with Crippen molar-refractivity contribution in [3.63, 3.8) is 0 Å². The van der Waals surface area contributed by atoms with E-state index in [9.17, 15) is 0 Å². The highest BCUT2D eigenvalue weighted by Crippen LogP contribution is 2.24. The predicted molar refractivity (Wildman–Crippen MR) is 91.7 cm³/mol. The van der Waals surface area contributed by atoms with Crippen molar-refractivity contribution in [3.8, 4) is 0 Å². The van der Waals surface area contributed by atoms with E-state index in [4.69, 9.17) is 4.74 Å². The van der Waals surface area contributed by atoms with Gasteiger partial charge < -0.3 is 9.64 Å². The SMILES string of the molecule is c1ccc2c(N3CCN(C[C@@H]4CCCOC4)CC3)ncnc2c1. The van der Waals surface area contributed by atoms with Gasteiger partial charge in [0.15, 0.2) is 0 Å². The van der Waals surface area contributed by atoms with Gasteiger partial charge in [0.1, 0.15) is 12.1 Å². The Morgan fingerprint density at radius 3 is 2.78 bits per heavy atom. The second-order valence-corrected chi connectivity index (χ2v) is 6.59. The van der Waals surface area contributed by atoms with Crippen LogP contribution in [0.3, 0.4) is 0 Å². The van der Waals surface area contributed by atoms with Gasteiger partial charge in [-0.2, -0.15) is 0 Å². The van der Waals surface area contributed by atoms with Crippen LogP contribution in [-0.4, -0.2) is 60.8 Å². The van der Waals surface area contributed by atoms with Crippen LogP contribution in [0, 0.1) is 5.92 Å². The van der Waals surface area contributed by atoms with E-state index in [-0.39, 0.29) is 0 Å². The van der Waals surface area contributed by atoms with Crippen molar-refractivity contribution < 1.29 is 4.74 Å². The molecule has 0 unspecified atom stereocenters. The summed E-state index contributed by atoms with van der Waals surface area (Å²) in [6.45, 7) is 7.35. The molecular formula is C18H24N4O. The Bertz CT molecular complexity index is 643. The summed E-state index contributed by atoms with van der Waals surface area (Å²) in [5, 5.41) is 1.16. The minimum absolute atomic E-state index is 0.718. The van der Waals surface area contributed by atoms with E-state index >= 15 is 0 Å². The summed E-state index contributed by atoms with van der Waals surface area (Å²) in [5.74, 6) is 1.80. The molecule has 2 aromatic rings. The molecule has 2 saturated heterocycles. The molecule has 0 amide bonds. The molecule has 3 heterocycles. The number of benzene rings is 1. The van der Waals surface area contributed by atoms with E-state index in [1.54, 1.807) is 6.33 Å². The third-order valence-corrected chi connectivity index (χ3v) is 4.96. The molecule has 5 nitrogen and oxygen atoms in total. The molecule has 0 bridgehead atoms. The van der Waals surface area contributed by atoms with Crippen molar-refractivity contribution in [2.24, 2.45) is 5.92 Å². The van der Waals surface area contributed by atoms with Crippen molar-refractivity contribution in [2.75, 3.05) is 50.8 Å². The predicted octanol–water partition coefficient (Wildman–Crippen LogP) is 2.18.